The molecule has 0 aromatic rings. The van der Waals surface area contributed by atoms with Crippen molar-refractivity contribution in [2.24, 2.45) is 5.41 Å². The Balaban J connectivity index is 4.92. The van der Waals surface area contributed by atoms with Gasteiger partial charge in [0.2, 0.25) is 23.6 Å². The summed E-state index contributed by atoms with van der Waals surface area (Å²) in [7, 11) is 0. The first-order valence-electron chi connectivity index (χ1n) is 10.7. The van der Waals surface area contributed by atoms with Crippen LogP contribution in [0.25, 0.3) is 0 Å². The summed E-state index contributed by atoms with van der Waals surface area (Å²) in [5.74, 6) is -1.27. The second-order valence-corrected chi connectivity index (χ2v) is 8.36. The van der Waals surface area contributed by atoms with Gasteiger partial charge in [-0.25, -0.2) is 0 Å². The zero-order valence-electron chi connectivity index (χ0n) is 19.6. The standard InChI is InChI=1S/C22H40N4O4/c1-8-11-12-13-14-26(10-3)21(30)19(22(5,6)7)25-18(28)15-23-20(29)16(4)24-17(27)9-2/h8,11,16,19H,9-10,12-15H2,1-7H3,(H,23,29)(H,24,27)(H,25,28)/b11-8-/t16-,19?/m1/s1. The Hall–Kier alpha value is -2.38. The summed E-state index contributed by atoms with van der Waals surface area (Å²) < 4.78 is 0. The number of allylic oxidation sites excluding steroid dienone is 2. The third kappa shape index (κ3) is 10.4. The van der Waals surface area contributed by atoms with Crippen molar-refractivity contribution in [1.82, 2.24) is 20.9 Å². The maximum Gasteiger partial charge on any atom is 0.245 e. The van der Waals surface area contributed by atoms with Gasteiger partial charge in [-0.05, 0) is 39.0 Å². The van der Waals surface area contributed by atoms with E-state index in [1.807, 2.05) is 40.7 Å². The molecule has 0 rings (SSSR count). The van der Waals surface area contributed by atoms with Gasteiger partial charge in [0.05, 0.1) is 6.54 Å². The van der Waals surface area contributed by atoms with Crippen LogP contribution in [0.1, 0.15) is 67.7 Å². The fourth-order valence-electron chi connectivity index (χ4n) is 2.76. The molecule has 3 N–H and O–H groups in total. The lowest BCUT2D eigenvalue weighted by Crippen LogP contribution is -2.57. The number of rotatable bonds is 12. The summed E-state index contributed by atoms with van der Waals surface area (Å²) in [6.45, 7) is 13.7. The van der Waals surface area contributed by atoms with E-state index in [4.69, 9.17) is 0 Å². The maximum absolute atomic E-state index is 13.1. The highest BCUT2D eigenvalue weighted by Gasteiger charge is 2.35. The van der Waals surface area contributed by atoms with E-state index in [0.717, 1.165) is 12.8 Å². The van der Waals surface area contributed by atoms with Crippen molar-refractivity contribution >= 4 is 23.6 Å². The van der Waals surface area contributed by atoms with E-state index in [1.54, 1.807) is 18.7 Å². The Bertz CT molecular complexity index is 611. The van der Waals surface area contributed by atoms with Gasteiger partial charge in [0.15, 0.2) is 0 Å². The van der Waals surface area contributed by atoms with Gasteiger partial charge in [-0.1, -0.05) is 39.8 Å². The topological polar surface area (TPSA) is 108 Å². The van der Waals surface area contributed by atoms with Crippen LogP contribution in [0.4, 0.5) is 0 Å². The van der Waals surface area contributed by atoms with E-state index in [2.05, 4.69) is 22.0 Å². The molecule has 0 aliphatic heterocycles. The lowest BCUT2D eigenvalue weighted by Gasteiger charge is -2.34. The number of nitrogens with one attached hydrogen (secondary N) is 3. The van der Waals surface area contributed by atoms with Gasteiger partial charge in [-0.3, -0.25) is 19.2 Å². The Labute approximate surface area is 181 Å². The number of nitrogens with zero attached hydrogens (tertiary/aromatic N) is 1. The van der Waals surface area contributed by atoms with Gasteiger partial charge in [-0.2, -0.15) is 0 Å². The van der Waals surface area contributed by atoms with Gasteiger partial charge >= 0.3 is 0 Å². The van der Waals surface area contributed by atoms with Crippen LogP contribution in [-0.2, 0) is 19.2 Å². The van der Waals surface area contributed by atoms with Crippen molar-refractivity contribution in [3.63, 3.8) is 0 Å². The van der Waals surface area contributed by atoms with Crippen molar-refractivity contribution < 1.29 is 19.2 Å². The number of carbonyl (C=O) groups is 4. The first-order chi connectivity index (χ1) is 14.0. The van der Waals surface area contributed by atoms with Crippen LogP contribution in [0.2, 0.25) is 0 Å². The van der Waals surface area contributed by atoms with Crippen LogP contribution in [0.3, 0.4) is 0 Å². The number of amides is 4. The molecule has 30 heavy (non-hydrogen) atoms. The molecule has 0 fully saturated rings. The van der Waals surface area contributed by atoms with Crippen LogP contribution >= 0.6 is 0 Å². The van der Waals surface area contributed by atoms with Gasteiger partial charge in [0, 0.05) is 19.5 Å². The molecule has 0 aliphatic carbocycles. The molecule has 0 aliphatic rings. The average Bonchev–Trinajstić information content (AvgIpc) is 2.68. The predicted octanol–water partition coefficient (Wildman–Crippen LogP) is 1.75. The summed E-state index contributed by atoms with van der Waals surface area (Å²) in [5.41, 5.74) is -0.490. The van der Waals surface area contributed by atoms with Crippen LogP contribution in [-0.4, -0.2) is 60.2 Å². The summed E-state index contributed by atoms with van der Waals surface area (Å²) in [5, 5.41) is 7.81. The van der Waals surface area contributed by atoms with Crippen molar-refractivity contribution in [2.75, 3.05) is 19.6 Å². The number of hydrogen-bond donors (Lipinski definition) is 3. The summed E-state index contributed by atoms with van der Waals surface area (Å²) in [6, 6.07) is -1.45. The molecule has 0 radical (unpaired) electrons. The second kappa shape index (κ2) is 13.8. The molecule has 2 atom stereocenters. The quantitative estimate of drug-likeness (QED) is 0.328. The third-order valence-electron chi connectivity index (χ3n) is 4.66. The third-order valence-corrected chi connectivity index (χ3v) is 4.66. The molecule has 0 spiro atoms. The van der Waals surface area contributed by atoms with Crippen molar-refractivity contribution in [1.29, 1.82) is 0 Å². The van der Waals surface area contributed by atoms with Crippen molar-refractivity contribution in [2.45, 2.75) is 79.8 Å². The SMILES string of the molecule is C/C=C\CCCN(CC)C(=O)C(NC(=O)CNC(=O)[C@@H](C)NC(=O)CC)C(C)(C)C. The first kappa shape index (κ1) is 27.6. The summed E-state index contributed by atoms with van der Waals surface area (Å²) in [4.78, 5) is 50.7. The molecule has 1 unspecified atom stereocenters. The average molecular weight is 425 g/mol. The highest BCUT2D eigenvalue weighted by Crippen LogP contribution is 2.21. The van der Waals surface area contributed by atoms with Crippen LogP contribution in [0, 0.1) is 5.41 Å². The van der Waals surface area contributed by atoms with Crippen molar-refractivity contribution in [3.8, 4) is 0 Å². The van der Waals surface area contributed by atoms with Gasteiger partial charge in [0.25, 0.3) is 0 Å². The fourth-order valence-corrected chi connectivity index (χ4v) is 2.76. The summed E-state index contributed by atoms with van der Waals surface area (Å²) in [6.07, 6.45) is 6.07. The molecule has 172 valence electrons. The molecule has 0 bridgehead atoms. The molecule has 8 heteroatoms. The molecule has 0 saturated carbocycles. The minimum atomic E-state index is -0.738. The summed E-state index contributed by atoms with van der Waals surface area (Å²) >= 11 is 0. The highest BCUT2D eigenvalue weighted by molar-refractivity contribution is 5.92. The Kier molecular flexibility index (Phi) is 12.7. The molecule has 0 aromatic heterocycles. The zero-order valence-corrected chi connectivity index (χ0v) is 19.6. The smallest absolute Gasteiger partial charge is 0.245 e. The van der Waals surface area contributed by atoms with Crippen LogP contribution < -0.4 is 16.0 Å². The number of unbranched alkanes of at least 4 members (excludes halogenated alkanes) is 1. The largest absolute Gasteiger partial charge is 0.345 e. The number of likely N-dealkylation sites (N-methyl/N-ethyl adjacent to an activating group) is 1. The normalized spacial score (nSPS) is 13.4. The van der Waals surface area contributed by atoms with Crippen LogP contribution in [0.5, 0.6) is 0 Å². The Morgan fingerprint density at radius 1 is 1.03 bits per heavy atom. The van der Waals surface area contributed by atoms with Gasteiger partial charge in [-0.15, -0.1) is 0 Å². The van der Waals surface area contributed by atoms with Gasteiger partial charge in [0.1, 0.15) is 12.1 Å². The van der Waals surface area contributed by atoms with E-state index in [9.17, 15) is 19.2 Å². The first-order valence-corrected chi connectivity index (χ1v) is 10.7. The molecule has 8 nitrogen and oxygen atoms in total. The lowest BCUT2D eigenvalue weighted by atomic mass is 9.85. The maximum atomic E-state index is 13.1. The van der Waals surface area contributed by atoms with Crippen molar-refractivity contribution in [3.05, 3.63) is 12.2 Å². The molecular formula is C22H40N4O4. The van der Waals surface area contributed by atoms with E-state index in [0.29, 0.717) is 13.1 Å². The predicted molar refractivity (Wildman–Crippen MR) is 119 cm³/mol. The minimum absolute atomic E-state index is 0.131. The van der Waals surface area contributed by atoms with E-state index in [1.165, 1.54) is 0 Å². The molecule has 4 amide bonds. The molecule has 0 saturated heterocycles. The fraction of sp³-hybridized carbons (Fsp3) is 0.727. The van der Waals surface area contributed by atoms with Gasteiger partial charge < -0.3 is 20.9 Å². The zero-order chi connectivity index (χ0) is 23.3. The Morgan fingerprint density at radius 2 is 1.67 bits per heavy atom. The number of carbonyl (C=O) groups excluding carboxylic acids is 4. The van der Waals surface area contributed by atoms with E-state index in [-0.39, 0.29) is 24.8 Å². The molecule has 0 aromatic carbocycles. The second-order valence-electron chi connectivity index (χ2n) is 8.36. The van der Waals surface area contributed by atoms with Crippen LogP contribution in [0.15, 0.2) is 12.2 Å². The highest BCUT2D eigenvalue weighted by atomic mass is 16.2. The van der Waals surface area contributed by atoms with E-state index >= 15 is 0 Å². The number of hydrogen-bond acceptors (Lipinski definition) is 4. The minimum Gasteiger partial charge on any atom is -0.345 e. The van der Waals surface area contributed by atoms with E-state index < -0.39 is 29.3 Å². The monoisotopic (exact) mass is 424 g/mol. The Morgan fingerprint density at radius 3 is 2.17 bits per heavy atom. The molecular weight excluding hydrogens is 384 g/mol. The molecule has 0 heterocycles. The lowest BCUT2D eigenvalue weighted by molar-refractivity contribution is -0.139.